The van der Waals surface area contributed by atoms with E-state index in [1.165, 1.54) is 51.4 Å². The SMILES string of the molecule is CC1CCCC(C)N1C(=O)CN1CCNCC12CCCCC2. The van der Waals surface area contributed by atoms with Crippen LogP contribution in [-0.2, 0) is 4.79 Å². The molecule has 1 amide bonds. The largest absolute Gasteiger partial charge is 0.336 e. The first-order valence-corrected chi connectivity index (χ1v) is 9.39. The monoisotopic (exact) mass is 307 g/mol. The zero-order valence-electron chi connectivity index (χ0n) is 14.4. The number of piperidine rings is 1. The molecule has 126 valence electrons. The van der Waals surface area contributed by atoms with Crippen LogP contribution in [0, 0.1) is 0 Å². The van der Waals surface area contributed by atoms with Crippen molar-refractivity contribution in [2.75, 3.05) is 26.2 Å². The molecule has 1 N–H and O–H groups in total. The molecule has 4 nitrogen and oxygen atoms in total. The summed E-state index contributed by atoms with van der Waals surface area (Å²) in [6.45, 7) is 8.22. The van der Waals surface area contributed by atoms with Crippen LogP contribution in [0.4, 0.5) is 0 Å². The number of likely N-dealkylation sites (tertiary alicyclic amines) is 1. The van der Waals surface area contributed by atoms with E-state index in [1.54, 1.807) is 0 Å². The highest BCUT2D eigenvalue weighted by atomic mass is 16.2. The summed E-state index contributed by atoms with van der Waals surface area (Å²) in [5.41, 5.74) is 0.258. The predicted molar refractivity (Wildman–Crippen MR) is 89.9 cm³/mol. The van der Waals surface area contributed by atoms with Gasteiger partial charge in [-0.15, -0.1) is 0 Å². The molecule has 22 heavy (non-hydrogen) atoms. The Bertz CT molecular complexity index is 374. The number of amides is 1. The van der Waals surface area contributed by atoms with Crippen molar-refractivity contribution in [1.29, 1.82) is 0 Å². The number of hydrogen-bond donors (Lipinski definition) is 1. The maximum atomic E-state index is 13.0. The molecule has 1 saturated carbocycles. The molecular formula is C18H33N3O. The standard InChI is InChI=1S/C18H33N3O/c1-15-7-6-8-16(2)21(15)17(22)13-20-12-11-19-14-18(20)9-4-3-5-10-18/h15-16,19H,3-14H2,1-2H3. The summed E-state index contributed by atoms with van der Waals surface area (Å²) in [5.74, 6) is 0.367. The molecule has 3 rings (SSSR count). The van der Waals surface area contributed by atoms with E-state index in [0.717, 1.165) is 19.6 Å². The summed E-state index contributed by atoms with van der Waals surface area (Å²) in [6, 6.07) is 0.836. The van der Waals surface area contributed by atoms with E-state index in [4.69, 9.17) is 0 Å². The molecule has 2 saturated heterocycles. The van der Waals surface area contributed by atoms with Crippen LogP contribution >= 0.6 is 0 Å². The molecule has 2 heterocycles. The summed E-state index contributed by atoms with van der Waals surface area (Å²) in [6.07, 6.45) is 10.1. The third kappa shape index (κ3) is 3.18. The Balaban J connectivity index is 1.68. The molecule has 1 spiro atoms. The van der Waals surface area contributed by atoms with Gasteiger partial charge in [-0.25, -0.2) is 0 Å². The zero-order valence-corrected chi connectivity index (χ0v) is 14.4. The van der Waals surface area contributed by atoms with Crippen LogP contribution in [-0.4, -0.2) is 59.5 Å². The zero-order chi connectivity index (χ0) is 15.6. The maximum Gasteiger partial charge on any atom is 0.237 e. The van der Waals surface area contributed by atoms with E-state index in [1.807, 2.05) is 0 Å². The Morgan fingerprint density at radius 1 is 1.09 bits per heavy atom. The van der Waals surface area contributed by atoms with Crippen molar-refractivity contribution < 1.29 is 4.79 Å². The van der Waals surface area contributed by atoms with Crippen molar-refractivity contribution in [3.05, 3.63) is 0 Å². The third-order valence-corrected chi connectivity index (χ3v) is 6.28. The van der Waals surface area contributed by atoms with Crippen molar-refractivity contribution >= 4 is 5.91 Å². The first-order valence-electron chi connectivity index (χ1n) is 9.39. The molecule has 2 atom stereocenters. The number of nitrogens with one attached hydrogen (secondary N) is 1. The van der Waals surface area contributed by atoms with E-state index in [-0.39, 0.29) is 5.54 Å². The topological polar surface area (TPSA) is 35.6 Å². The van der Waals surface area contributed by atoms with Crippen LogP contribution in [0.3, 0.4) is 0 Å². The third-order valence-electron chi connectivity index (χ3n) is 6.28. The summed E-state index contributed by atoms with van der Waals surface area (Å²) in [4.78, 5) is 17.7. The molecule has 2 aliphatic heterocycles. The van der Waals surface area contributed by atoms with E-state index in [0.29, 0.717) is 24.5 Å². The normalized spacial score (nSPS) is 33.1. The fourth-order valence-corrected chi connectivity index (χ4v) is 4.99. The number of piperazine rings is 1. The molecule has 0 aromatic heterocycles. The lowest BCUT2D eigenvalue weighted by atomic mass is 9.79. The lowest BCUT2D eigenvalue weighted by Gasteiger charge is -2.50. The molecule has 0 radical (unpaired) electrons. The van der Waals surface area contributed by atoms with E-state index >= 15 is 0 Å². The molecule has 0 aromatic carbocycles. The lowest BCUT2D eigenvalue weighted by molar-refractivity contribution is -0.141. The van der Waals surface area contributed by atoms with Crippen LogP contribution in [0.2, 0.25) is 0 Å². The molecule has 3 fully saturated rings. The van der Waals surface area contributed by atoms with Gasteiger partial charge >= 0.3 is 0 Å². The number of rotatable bonds is 2. The van der Waals surface area contributed by atoms with Gasteiger partial charge in [0, 0.05) is 37.3 Å². The van der Waals surface area contributed by atoms with Gasteiger partial charge in [-0.05, 0) is 46.0 Å². The Kier molecular flexibility index (Phi) is 5.08. The number of carbonyl (C=O) groups is 1. The van der Waals surface area contributed by atoms with Crippen LogP contribution in [0.25, 0.3) is 0 Å². The van der Waals surface area contributed by atoms with E-state index in [2.05, 4.69) is 29.0 Å². The van der Waals surface area contributed by atoms with Crippen molar-refractivity contribution in [3.8, 4) is 0 Å². The minimum atomic E-state index is 0.258. The summed E-state index contributed by atoms with van der Waals surface area (Å²) >= 11 is 0. The number of hydrogen-bond acceptors (Lipinski definition) is 3. The number of nitrogens with zero attached hydrogens (tertiary/aromatic N) is 2. The van der Waals surface area contributed by atoms with Crippen LogP contribution in [0.1, 0.15) is 65.2 Å². The van der Waals surface area contributed by atoms with Gasteiger partial charge in [-0.2, -0.15) is 0 Å². The Morgan fingerprint density at radius 2 is 1.77 bits per heavy atom. The molecule has 2 unspecified atom stereocenters. The quantitative estimate of drug-likeness (QED) is 0.851. The van der Waals surface area contributed by atoms with Gasteiger partial charge < -0.3 is 10.2 Å². The lowest BCUT2D eigenvalue weighted by Crippen LogP contribution is -2.64. The average molecular weight is 307 g/mol. The van der Waals surface area contributed by atoms with Crippen LogP contribution in [0.5, 0.6) is 0 Å². The molecule has 1 aliphatic carbocycles. The van der Waals surface area contributed by atoms with E-state index in [9.17, 15) is 4.79 Å². The van der Waals surface area contributed by atoms with Gasteiger partial charge in [0.15, 0.2) is 0 Å². The summed E-state index contributed by atoms with van der Waals surface area (Å²) < 4.78 is 0. The second kappa shape index (κ2) is 6.88. The summed E-state index contributed by atoms with van der Waals surface area (Å²) in [7, 11) is 0. The Labute approximate surface area is 135 Å². The molecule has 4 heteroatoms. The molecule has 0 bridgehead atoms. The fraction of sp³-hybridized carbons (Fsp3) is 0.944. The van der Waals surface area contributed by atoms with Crippen molar-refractivity contribution in [2.24, 2.45) is 0 Å². The highest BCUT2D eigenvalue weighted by Gasteiger charge is 2.41. The van der Waals surface area contributed by atoms with Crippen LogP contribution < -0.4 is 5.32 Å². The Hall–Kier alpha value is -0.610. The second-order valence-electron chi connectivity index (χ2n) is 7.81. The van der Waals surface area contributed by atoms with Gasteiger partial charge in [0.1, 0.15) is 0 Å². The van der Waals surface area contributed by atoms with Gasteiger partial charge in [-0.3, -0.25) is 9.69 Å². The highest BCUT2D eigenvalue weighted by molar-refractivity contribution is 5.79. The Morgan fingerprint density at radius 3 is 2.45 bits per heavy atom. The fourth-order valence-electron chi connectivity index (χ4n) is 4.99. The smallest absolute Gasteiger partial charge is 0.237 e. The van der Waals surface area contributed by atoms with Crippen molar-refractivity contribution in [1.82, 2.24) is 15.1 Å². The second-order valence-corrected chi connectivity index (χ2v) is 7.81. The first kappa shape index (κ1) is 16.3. The van der Waals surface area contributed by atoms with E-state index < -0.39 is 0 Å². The minimum absolute atomic E-state index is 0.258. The van der Waals surface area contributed by atoms with Gasteiger partial charge in [0.25, 0.3) is 0 Å². The predicted octanol–water partition coefficient (Wildman–Crippen LogP) is 2.38. The minimum Gasteiger partial charge on any atom is -0.336 e. The van der Waals surface area contributed by atoms with Gasteiger partial charge in [0.2, 0.25) is 5.91 Å². The maximum absolute atomic E-state index is 13.0. The van der Waals surface area contributed by atoms with Crippen molar-refractivity contribution in [3.63, 3.8) is 0 Å². The first-order chi connectivity index (χ1) is 10.6. The van der Waals surface area contributed by atoms with Gasteiger partial charge in [0.05, 0.1) is 6.54 Å². The molecule has 0 aromatic rings. The number of carbonyl (C=O) groups excluding carboxylic acids is 1. The van der Waals surface area contributed by atoms with Gasteiger partial charge in [-0.1, -0.05) is 19.3 Å². The molecular weight excluding hydrogens is 274 g/mol. The average Bonchev–Trinajstić information content (AvgIpc) is 2.50. The summed E-state index contributed by atoms with van der Waals surface area (Å²) in [5, 5.41) is 3.58. The van der Waals surface area contributed by atoms with Crippen LogP contribution in [0.15, 0.2) is 0 Å². The highest BCUT2D eigenvalue weighted by Crippen LogP contribution is 2.35. The van der Waals surface area contributed by atoms with Crippen molar-refractivity contribution in [2.45, 2.75) is 82.8 Å². The molecule has 3 aliphatic rings.